The fourth-order valence-electron chi connectivity index (χ4n) is 1.81. The Hall–Kier alpha value is -1.14. The van der Waals surface area contributed by atoms with Crippen LogP contribution in [-0.2, 0) is 5.67 Å². The van der Waals surface area contributed by atoms with Crippen LogP contribution < -0.4 is 5.32 Å². The van der Waals surface area contributed by atoms with Gasteiger partial charge in [0.2, 0.25) is 5.67 Å². The summed E-state index contributed by atoms with van der Waals surface area (Å²) in [5.41, 5.74) is -3.72. The Kier molecular flexibility index (Phi) is 3.33. The summed E-state index contributed by atoms with van der Waals surface area (Å²) in [6.45, 7) is -0.798. The quantitative estimate of drug-likeness (QED) is 0.840. The van der Waals surface area contributed by atoms with Crippen LogP contribution in [0.5, 0.6) is 0 Å². The van der Waals surface area contributed by atoms with Gasteiger partial charge in [0.1, 0.15) is 0 Å². The molecule has 1 nitrogen and oxygen atoms in total. The third-order valence-corrected chi connectivity index (χ3v) is 3.66. The monoisotopic (exact) mass is 277 g/mol. The average molecular weight is 277 g/mol. The molecule has 0 fully saturated rings. The Labute approximate surface area is 105 Å². The topological polar surface area (TPSA) is 12.0 Å². The van der Waals surface area contributed by atoms with Crippen molar-refractivity contribution in [3.63, 3.8) is 0 Å². The summed E-state index contributed by atoms with van der Waals surface area (Å²) in [4.78, 5) is 0. The van der Waals surface area contributed by atoms with Crippen LogP contribution in [-0.4, -0.2) is 19.8 Å². The fourth-order valence-corrected chi connectivity index (χ4v) is 2.64. The minimum Gasteiger partial charge on any atom is -0.316 e. The van der Waals surface area contributed by atoms with E-state index in [1.54, 1.807) is 11.4 Å². The Bertz CT molecular complexity index is 548. The molecular weight excluding hydrogens is 266 g/mol. The van der Waals surface area contributed by atoms with Gasteiger partial charge in [-0.2, -0.15) is 13.2 Å². The molecular formula is C12H11F4NS. The zero-order valence-corrected chi connectivity index (χ0v) is 10.3. The molecule has 6 heteroatoms. The van der Waals surface area contributed by atoms with Crippen LogP contribution in [0.1, 0.15) is 5.56 Å². The second kappa shape index (κ2) is 4.51. The molecule has 1 heterocycles. The zero-order valence-electron chi connectivity index (χ0n) is 9.51. The molecule has 1 unspecified atom stereocenters. The first-order chi connectivity index (χ1) is 8.38. The van der Waals surface area contributed by atoms with Crippen LogP contribution in [0.4, 0.5) is 17.6 Å². The maximum Gasteiger partial charge on any atom is 0.428 e. The molecule has 0 aliphatic carbocycles. The molecule has 0 saturated carbocycles. The minimum atomic E-state index is -4.94. The second-order valence-electron chi connectivity index (χ2n) is 4.00. The van der Waals surface area contributed by atoms with E-state index in [9.17, 15) is 17.6 Å². The predicted molar refractivity (Wildman–Crippen MR) is 64.6 cm³/mol. The van der Waals surface area contributed by atoms with Crippen molar-refractivity contribution in [3.8, 4) is 0 Å². The van der Waals surface area contributed by atoms with E-state index in [1.807, 2.05) is 0 Å². The molecule has 0 bridgehead atoms. The zero-order chi connectivity index (χ0) is 13.4. The Morgan fingerprint density at radius 3 is 2.50 bits per heavy atom. The third-order valence-electron chi connectivity index (χ3n) is 2.78. The normalized spacial score (nSPS) is 15.8. The van der Waals surface area contributed by atoms with Crippen molar-refractivity contribution < 1.29 is 17.6 Å². The summed E-state index contributed by atoms with van der Waals surface area (Å²) in [5, 5.41) is 4.84. The number of halogens is 4. The van der Waals surface area contributed by atoms with E-state index in [4.69, 9.17) is 0 Å². The summed E-state index contributed by atoms with van der Waals surface area (Å²) in [6, 6.07) is 5.76. The standard InChI is InChI=1S/C12H11F4NS/c1-17-7-11(13,12(14,15)16)9-3-2-8-4-5-18-10(8)6-9/h2-6,17H,7H2,1H3. The number of hydrogen-bond acceptors (Lipinski definition) is 2. The van der Waals surface area contributed by atoms with Crippen molar-refractivity contribution in [2.75, 3.05) is 13.6 Å². The van der Waals surface area contributed by atoms with E-state index < -0.39 is 18.4 Å². The summed E-state index contributed by atoms with van der Waals surface area (Å²) >= 11 is 1.29. The van der Waals surface area contributed by atoms with Gasteiger partial charge in [-0.15, -0.1) is 11.3 Å². The smallest absolute Gasteiger partial charge is 0.316 e. The molecule has 98 valence electrons. The van der Waals surface area contributed by atoms with Gasteiger partial charge >= 0.3 is 6.18 Å². The molecule has 2 rings (SSSR count). The molecule has 1 N–H and O–H groups in total. The van der Waals surface area contributed by atoms with Crippen molar-refractivity contribution in [1.82, 2.24) is 5.32 Å². The number of likely N-dealkylation sites (N-methyl/N-ethyl adjacent to an activating group) is 1. The lowest BCUT2D eigenvalue weighted by atomic mass is 9.94. The van der Waals surface area contributed by atoms with E-state index in [-0.39, 0.29) is 5.56 Å². The Morgan fingerprint density at radius 2 is 1.89 bits per heavy atom. The number of benzene rings is 1. The highest BCUT2D eigenvalue weighted by Gasteiger charge is 2.56. The second-order valence-corrected chi connectivity index (χ2v) is 4.95. The van der Waals surface area contributed by atoms with E-state index in [1.165, 1.54) is 36.6 Å². The highest BCUT2D eigenvalue weighted by Crippen LogP contribution is 2.43. The van der Waals surface area contributed by atoms with Crippen molar-refractivity contribution in [2.24, 2.45) is 0 Å². The molecule has 0 radical (unpaired) electrons. The largest absolute Gasteiger partial charge is 0.428 e. The highest BCUT2D eigenvalue weighted by molar-refractivity contribution is 7.17. The summed E-state index contributed by atoms with van der Waals surface area (Å²) in [6.07, 6.45) is -4.94. The number of rotatable bonds is 3. The number of thiophene rings is 1. The van der Waals surface area contributed by atoms with Gasteiger partial charge in [0, 0.05) is 16.8 Å². The van der Waals surface area contributed by atoms with Gasteiger partial charge in [-0.05, 0) is 29.9 Å². The number of fused-ring (bicyclic) bond motifs is 1. The molecule has 2 aromatic rings. The first-order valence-corrected chi connectivity index (χ1v) is 6.14. The molecule has 0 amide bonds. The van der Waals surface area contributed by atoms with Crippen LogP contribution in [0.25, 0.3) is 10.1 Å². The van der Waals surface area contributed by atoms with Gasteiger partial charge in [0.15, 0.2) is 0 Å². The van der Waals surface area contributed by atoms with Crippen LogP contribution in [0, 0.1) is 0 Å². The molecule has 18 heavy (non-hydrogen) atoms. The van der Waals surface area contributed by atoms with E-state index in [0.717, 1.165) is 5.39 Å². The Morgan fingerprint density at radius 1 is 1.17 bits per heavy atom. The van der Waals surface area contributed by atoms with Gasteiger partial charge < -0.3 is 5.32 Å². The lowest BCUT2D eigenvalue weighted by Gasteiger charge is -2.28. The van der Waals surface area contributed by atoms with Crippen molar-refractivity contribution in [1.29, 1.82) is 0 Å². The van der Waals surface area contributed by atoms with Gasteiger partial charge in [0.05, 0.1) is 0 Å². The van der Waals surface area contributed by atoms with E-state index >= 15 is 0 Å². The van der Waals surface area contributed by atoms with Crippen molar-refractivity contribution in [3.05, 3.63) is 35.2 Å². The first kappa shape index (κ1) is 13.3. The Balaban J connectivity index is 2.53. The lowest BCUT2D eigenvalue weighted by molar-refractivity contribution is -0.233. The summed E-state index contributed by atoms with van der Waals surface area (Å²) in [7, 11) is 1.30. The average Bonchev–Trinajstić information content (AvgIpc) is 2.74. The maximum atomic E-state index is 14.3. The molecule has 1 aromatic heterocycles. The van der Waals surface area contributed by atoms with Gasteiger partial charge in [-0.1, -0.05) is 12.1 Å². The number of hydrogen-bond donors (Lipinski definition) is 1. The molecule has 1 aromatic carbocycles. The van der Waals surface area contributed by atoms with Crippen LogP contribution in [0.2, 0.25) is 0 Å². The van der Waals surface area contributed by atoms with E-state index in [2.05, 4.69) is 5.32 Å². The van der Waals surface area contributed by atoms with Gasteiger partial charge in [-0.3, -0.25) is 0 Å². The molecule has 0 aliphatic heterocycles. The number of nitrogens with one attached hydrogen (secondary N) is 1. The molecule has 0 spiro atoms. The van der Waals surface area contributed by atoms with Crippen LogP contribution in [0.3, 0.4) is 0 Å². The minimum absolute atomic E-state index is 0.362. The maximum absolute atomic E-state index is 14.3. The van der Waals surface area contributed by atoms with Crippen LogP contribution >= 0.6 is 11.3 Å². The van der Waals surface area contributed by atoms with Crippen molar-refractivity contribution >= 4 is 21.4 Å². The lowest BCUT2D eigenvalue weighted by Crippen LogP contribution is -2.45. The first-order valence-electron chi connectivity index (χ1n) is 5.26. The number of alkyl halides is 4. The van der Waals surface area contributed by atoms with E-state index in [0.29, 0.717) is 4.70 Å². The highest BCUT2D eigenvalue weighted by atomic mass is 32.1. The van der Waals surface area contributed by atoms with Gasteiger partial charge in [-0.25, -0.2) is 4.39 Å². The molecule has 1 atom stereocenters. The third kappa shape index (κ3) is 2.10. The van der Waals surface area contributed by atoms with Crippen molar-refractivity contribution in [2.45, 2.75) is 11.8 Å². The summed E-state index contributed by atoms with van der Waals surface area (Å²) < 4.78 is 53.6. The molecule has 0 saturated heterocycles. The van der Waals surface area contributed by atoms with Gasteiger partial charge in [0.25, 0.3) is 0 Å². The molecule has 0 aliphatic rings. The SMILES string of the molecule is CNCC(F)(c1ccc2ccsc2c1)C(F)(F)F. The fraction of sp³-hybridized carbons (Fsp3) is 0.333. The van der Waals surface area contributed by atoms with Crippen LogP contribution in [0.15, 0.2) is 29.6 Å². The predicted octanol–water partition coefficient (Wildman–Crippen LogP) is 3.85. The summed E-state index contributed by atoms with van der Waals surface area (Å²) in [5.74, 6) is 0.